The number of hydrogen-bond donors (Lipinski definition) is 0. The normalized spacial score (nSPS) is 19.3. The monoisotopic (exact) mass is 313 g/mol. The Morgan fingerprint density at radius 2 is 2.00 bits per heavy atom. The highest BCUT2D eigenvalue weighted by atomic mass is 16.5. The molecule has 1 heterocycles. The Balaban J connectivity index is 1.77. The molecule has 1 aromatic carbocycles. The summed E-state index contributed by atoms with van der Waals surface area (Å²) in [6.07, 6.45) is 5.88. The van der Waals surface area contributed by atoms with Gasteiger partial charge in [-0.25, -0.2) is 4.79 Å². The van der Waals surface area contributed by atoms with E-state index < -0.39 is 0 Å². The van der Waals surface area contributed by atoms with E-state index in [0.29, 0.717) is 18.6 Å². The molecule has 0 bridgehead atoms. The summed E-state index contributed by atoms with van der Waals surface area (Å²) >= 11 is 0. The molecule has 0 fully saturated rings. The molecule has 0 radical (unpaired) electrons. The topological polar surface area (TPSA) is 63.7 Å². The fourth-order valence-corrected chi connectivity index (χ4v) is 3.10. The number of esters is 1. The van der Waals surface area contributed by atoms with Crippen LogP contribution in [-0.2, 0) is 20.7 Å². The number of carbonyl (C=O) groups excluding carboxylic acids is 3. The molecule has 3 rings (SSSR count). The molecule has 5 nitrogen and oxygen atoms in total. The van der Waals surface area contributed by atoms with E-state index >= 15 is 0 Å². The molecule has 0 saturated carbocycles. The first-order chi connectivity index (χ1) is 11.1. The predicted molar refractivity (Wildman–Crippen MR) is 83.7 cm³/mol. The summed E-state index contributed by atoms with van der Waals surface area (Å²) in [7, 11) is 0. The lowest BCUT2D eigenvalue weighted by molar-refractivity contribution is -0.139. The maximum Gasteiger partial charge on any atom is 0.338 e. The van der Waals surface area contributed by atoms with Crippen LogP contribution in [0.4, 0.5) is 0 Å². The van der Waals surface area contributed by atoms with Crippen molar-refractivity contribution in [3.05, 3.63) is 47.0 Å². The number of amides is 2. The van der Waals surface area contributed by atoms with Gasteiger partial charge in [-0.15, -0.1) is 0 Å². The van der Waals surface area contributed by atoms with Gasteiger partial charge < -0.3 is 4.74 Å². The van der Waals surface area contributed by atoms with Crippen molar-refractivity contribution in [1.29, 1.82) is 0 Å². The third-order valence-corrected chi connectivity index (χ3v) is 4.31. The maximum absolute atomic E-state index is 12.0. The SMILES string of the molecule is CCCCOC(=O)c1ccc2c(c1)CC[C@@H]2N1C(=O)C=CC1=O. The largest absolute Gasteiger partial charge is 0.462 e. The first-order valence-electron chi connectivity index (χ1n) is 7.97. The molecule has 0 aromatic heterocycles. The number of nitrogens with zero attached hydrogens (tertiary/aromatic N) is 1. The van der Waals surface area contributed by atoms with E-state index in [1.165, 1.54) is 17.1 Å². The highest BCUT2D eigenvalue weighted by molar-refractivity contribution is 6.13. The van der Waals surface area contributed by atoms with Crippen LogP contribution in [0.2, 0.25) is 0 Å². The number of fused-ring (bicyclic) bond motifs is 1. The van der Waals surface area contributed by atoms with Gasteiger partial charge in [-0.3, -0.25) is 14.5 Å². The van der Waals surface area contributed by atoms with Crippen molar-refractivity contribution < 1.29 is 19.1 Å². The predicted octanol–water partition coefficient (Wildman–Crippen LogP) is 2.56. The van der Waals surface area contributed by atoms with Gasteiger partial charge in [0.1, 0.15) is 0 Å². The van der Waals surface area contributed by atoms with Gasteiger partial charge in [-0.05, 0) is 42.5 Å². The number of benzene rings is 1. The summed E-state index contributed by atoms with van der Waals surface area (Å²) in [6, 6.07) is 5.14. The fourth-order valence-electron chi connectivity index (χ4n) is 3.10. The maximum atomic E-state index is 12.0. The summed E-state index contributed by atoms with van der Waals surface area (Å²) in [5.74, 6) is -0.855. The van der Waals surface area contributed by atoms with Crippen molar-refractivity contribution in [2.24, 2.45) is 0 Å². The number of hydrogen-bond acceptors (Lipinski definition) is 4. The summed E-state index contributed by atoms with van der Waals surface area (Å²) in [5, 5.41) is 0. The minimum Gasteiger partial charge on any atom is -0.462 e. The first-order valence-corrected chi connectivity index (χ1v) is 7.97. The summed E-state index contributed by atoms with van der Waals surface area (Å²) < 4.78 is 5.22. The van der Waals surface area contributed by atoms with Crippen LogP contribution in [-0.4, -0.2) is 29.3 Å². The molecule has 1 aromatic rings. The number of unbranched alkanes of at least 4 members (excludes halogenated alkanes) is 1. The average molecular weight is 313 g/mol. The van der Waals surface area contributed by atoms with Crippen LogP contribution >= 0.6 is 0 Å². The smallest absolute Gasteiger partial charge is 0.338 e. The quantitative estimate of drug-likeness (QED) is 0.476. The molecular weight excluding hydrogens is 294 g/mol. The third kappa shape index (κ3) is 2.91. The van der Waals surface area contributed by atoms with Gasteiger partial charge in [0.15, 0.2) is 0 Å². The van der Waals surface area contributed by atoms with E-state index in [0.717, 1.165) is 30.4 Å². The molecule has 1 aliphatic heterocycles. The van der Waals surface area contributed by atoms with Crippen LogP contribution in [0.15, 0.2) is 30.4 Å². The van der Waals surface area contributed by atoms with Crippen molar-refractivity contribution in [2.75, 3.05) is 6.61 Å². The van der Waals surface area contributed by atoms with E-state index in [2.05, 4.69) is 0 Å². The lowest BCUT2D eigenvalue weighted by Crippen LogP contribution is -2.33. The zero-order chi connectivity index (χ0) is 16.4. The first kappa shape index (κ1) is 15.5. The summed E-state index contributed by atoms with van der Waals surface area (Å²) in [5.41, 5.74) is 2.48. The number of carbonyl (C=O) groups is 3. The van der Waals surface area contributed by atoms with Gasteiger partial charge in [0.05, 0.1) is 18.2 Å². The van der Waals surface area contributed by atoms with Crippen LogP contribution < -0.4 is 0 Å². The third-order valence-electron chi connectivity index (χ3n) is 4.31. The van der Waals surface area contributed by atoms with Crippen LogP contribution in [0.25, 0.3) is 0 Å². The van der Waals surface area contributed by atoms with Crippen molar-refractivity contribution in [2.45, 2.75) is 38.6 Å². The minimum absolute atomic E-state index is 0.231. The molecule has 0 unspecified atom stereocenters. The Bertz CT molecular complexity index is 674. The highest BCUT2D eigenvalue weighted by Gasteiger charge is 2.36. The Hall–Kier alpha value is -2.43. The summed E-state index contributed by atoms with van der Waals surface area (Å²) in [6.45, 7) is 2.47. The van der Waals surface area contributed by atoms with Crippen LogP contribution in [0.5, 0.6) is 0 Å². The van der Waals surface area contributed by atoms with Crippen LogP contribution in [0, 0.1) is 0 Å². The fraction of sp³-hybridized carbons (Fsp3) is 0.389. The van der Waals surface area contributed by atoms with E-state index in [1.807, 2.05) is 19.1 Å². The lowest BCUT2D eigenvalue weighted by Gasteiger charge is -2.22. The number of ether oxygens (including phenoxy) is 1. The van der Waals surface area contributed by atoms with Gasteiger partial charge in [-0.2, -0.15) is 0 Å². The highest BCUT2D eigenvalue weighted by Crippen LogP contribution is 2.37. The lowest BCUT2D eigenvalue weighted by atomic mass is 10.0. The van der Waals surface area contributed by atoms with Crippen molar-refractivity contribution in [3.63, 3.8) is 0 Å². The van der Waals surface area contributed by atoms with E-state index in [9.17, 15) is 14.4 Å². The molecule has 2 amide bonds. The molecular formula is C18H19NO4. The molecule has 0 saturated heterocycles. The average Bonchev–Trinajstić information content (AvgIpc) is 3.10. The van der Waals surface area contributed by atoms with Gasteiger partial charge in [0, 0.05) is 12.2 Å². The molecule has 2 aliphatic rings. The second-order valence-corrected chi connectivity index (χ2v) is 5.84. The van der Waals surface area contributed by atoms with Crippen LogP contribution in [0.1, 0.15) is 53.7 Å². The molecule has 1 atom stereocenters. The Morgan fingerprint density at radius 1 is 1.26 bits per heavy atom. The van der Waals surface area contributed by atoms with Gasteiger partial charge in [0.2, 0.25) is 0 Å². The Kier molecular flexibility index (Phi) is 4.28. The van der Waals surface area contributed by atoms with Gasteiger partial charge >= 0.3 is 5.97 Å². The van der Waals surface area contributed by atoms with E-state index in [-0.39, 0.29) is 23.8 Å². The van der Waals surface area contributed by atoms with Gasteiger partial charge in [-0.1, -0.05) is 19.4 Å². The van der Waals surface area contributed by atoms with Crippen molar-refractivity contribution in [1.82, 2.24) is 4.90 Å². The number of imide groups is 1. The van der Waals surface area contributed by atoms with E-state index in [4.69, 9.17) is 4.74 Å². The van der Waals surface area contributed by atoms with Gasteiger partial charge in [0.25, 0.3) is 11.8 Å². The molecule has 0 spiro atoms. The minimum atomic E-state index is -0.320. The zero-order valence-corrected chi connectivity index (χ0v) is 13.1. The molecule has 0 N–H and O–H groups in total. The zero-order valence-electron chi connectivity index (χ0n) is 13.1. The Morgan fingerprint density at radius 3 is 2.70 bits per heavy atom. The second kappa shape index (κ2) is 6.36. The second-order valence-electron chi connectivity index (χ2n) is 5.84. The molecule has 1 aliphatic carbocycles. The van der Waals surface area contributed by atoms with E-state index in [1.54, 1.807) is 6.07 Å². The van der Waals surface area contributed by atoms with Crippen LogP contribution in [0.3, 0.4) is 0 Å². The van der Waals surface area contributed by atoms with Crippen molar-refractivity contribution in [3.8, 4) is 0 Å². The Labute approximate surface area is 134 Å². The standard InChI is InChI=1S/C18H19NO4/c1-2-3-10-23-18(22)13-4-6-14-12(11-13)5-7-15(14)19-16(20)8-9-17(19)21/h4,6,8-9,11,15H,2-3,5,7,10H2,1H3/t15-/m0/s1. The molecule has 5 heteroatoms. The van der Waals surface area contributed by atoms with Crippen molar-refractivity contribution >= 4 is 17.8 Å². The summed E-state index contributed by atoms with van der Waals surface area (Å²) in [4.78, 5) is 37.0. The molecule has 23 heavy (non-hydrogen) atoms. The molecule has 120 valence electrons. The number of aryl methyl sites for hydroxylation is 1. The number of rotatable bonds is 5.